The van der Waals surface area contributed by atoms with Gasteiger partial charge in [-0.3, -0.25) is 9.59 Å². The zero-order chi connectivity index (χ0) is 25.2. The van der Waals surface area contributed by atoms with Crippen LogP contribution >= 0.6 is 0 Å². The lowest BCUT2D eigenvalue weighted by atomic mass is 9.98. The maximum atomic E-state index is 13.7. The number of benzene rings is 3. The zero-order valence-electron chi connectivity index (χ0n) is 20.9. The summed E-state index contributed by atoms with van der Waals surface area (Å²) in [5, 5.41) is 0.498. The molecule has 5 rings (SSSR count). The predicted octanol–water partition coefficient (Wildman–Crippen LogP) is 5.18. The molecule has 6 heteroatoms. The van der Waals surface area contributed by atoms with Crippen LogP contribution in [0.2, 0.25) is 0 Å². The summed E-state index contributed by atoms with van der Waals surface area (Å²) >= 11 is 0. The summed E-state index contributed by atoms with van der Waals surface area (Å²) in [6.07, 6.45) is 0.778. The van der Waals surface area contributed by atoms with E-state index in [1.165, 1.54) is 0 Å². The minimum absolute atomic E-state index is 0.141. The van der Waals surface area contributed by atoms with Gasteiger partial charge < -0.3 is 19.0 Å². The van der Waals surface area contributed by atoms with Gasteiger partial charge >= 0.3 is 0 Å². The third-order valence-corrected chi connectivity index (χ3v) is 6.55. The first-order valence-electron chi connectivity index (χ1n) is 12.2. The monoisotopic (exact) mass is 482 g/mol. The Labute approximate surface area is 210 Å². The summed E-state index contributed by atoms with van der Waals surface area (Å²) < 4.78 is 12.1. The maximum Gasteiger partial charge on any atom is 0.290 e. The maximum absolute atomic E-state index is 13.7. The van der Waals surface area contributed by atoms with Crippen LogP contribution < -0.4 is 10.2 Å². The standard InChI is InChI=1S/C30H30N2O4/c1-20-13-14-25-24(17-20)28(33)26-27(32(16-8-15-31(2)3)30(34)29(26)36-25)22-11-7-12-23(18-22)35-19-21-9-5-4-6-10-21/h4-7,9-14,17-18,27H,8,15-16,19H2,1-3H3. The molecule has 184 valence electrons. The van der Waals surface area contributed by atoms with Crippen LogP contribution in [0.15, 0.2) is 82.0 Å². The van der Waals surface area contributed by atoms with E-state index in [4.69, 9.17) is 9.15 Å². The van der Waals surface area contributed by atoms with Gasteiger partial charge in [0, 0.05) is 6.54 Å². The number of ether oxygens (including phenoxy) is 1. The van der Waals surface area contributed by atoms with Crippen molar-refractivity contribution in [2.24, 2.45) is 0 Å². The first kappa shape index (κ1) is 23.8. The molecule has 0 radical (unpaired) electrons. The van der Waals surface area contributed by atoms with Crippen molar-refractivity contribution in [3.63, 3.8) is 0 Å². The average Bonchev–Trinajstić information content (AvgIpc) is 3.15. The van der Waals surface area contributed by atoms with Crippen molar-refractivity contribution >= 4 is 16.9 Å². The molecular weight excluding hydrogens is 452 g/mol. The summed E-state index contributed by atoms with van der Waals surface area (Å²) in [6.45, 7) is 3.71. The molecule has 1 atom stereocenters. The minimum Gasteiger partial charge on any atom is -0.489 e. The fourth-order valence-corrected chi connectivity index (χ4v) is 4.78. The summed E-state index contributed by atoms with van der Waals surface area (Å²) in [4.78, 5) is 31.2. The highest BCUT2D eigenvalue weighted by Crippen LogP contribution is 2.39. The Morgan fingerprint density at radius 3 is 2.56 bits per heavy atom. The minimum atomic E-state index is -0.531. The van der Waals surface area contributed by atoms with Crippen molar-refractivity contribution in [2.45, 2.75) is 26.0 Å². The second-order valence-corrected chi connectivity index (χ2v) is 9.58. The smallest absolute Gasteiger partial charge is 0.290 e. The molecule has 0 N–H and O–H groups in total. The number of rotatable bonds is 8. The molecule has 0 bridgehead atoms. The van der Waals surface area contributed by atoms with Crippen molar-refractivity contribution < 1.29 is 13.9 Å². The Morgan fingerprint density at radius 1 is 0.972 bits per heavy atom. The lowest BCUT2D eigenvalue weighted by Crippen LogP contribution is -2.32. The predicted molar refractivity (Wildman–Crippen MR) is 140 cm³/mol. The number of aryl methyl sites for hydroxylation is 1. The van der Waals surface area contributed by atoms with Crippen LogP contribution in [0.5, 0.6) is 5.75 Å². The van der Waals surface area contributed by atoms with E-state index in [-0.39, 0.29) is 17.1 Å². The molecule has 3 aromatic carbocycles. The van der Waals surface area contributed by atoms with Gasteiger partial charge in [-0.25, -0.2) is 0 Å². The van der Waals surface area contributed by atoms with E-state index >= 15 is 0 Å². The van der Waals surface area contributed by atoms with Gasteiger partial charge in [0.15, 0.2) is 5.43 Å². The van der Waals surface area contributed by atoms with Crippen molar-refractivity contribution in [1.82, 2.24) is 9.80 Å². The van der Waals surface area contributed by atoms with Crippen molar-refractivity contribution in [1.29, 1.82) is 0 Å². The van der Waals surface area contributed by atoms with Crippen LogP contribution in [0.1, 0.15) is 45.3 Å². The lowest BCUT2D eigenvalue weighted by Gasteiger charge is -2.26. The topological polar surface area (TPSA) is 63.0 Å². The van der Waals surface area contributed by atoms with E-state index < -0.39 is 6.04 Å². The van der Waals surface area contributed by atoms with E-state index in [9.17, 15) is 9.59 Å². The Kier molecular flexibility index (Phi) is 6.61. The molecule has 1 aliphatic rings. The molecule has 2 heterocycles. The Morgan fingerprint density at radius 2 is 1.78 bits per heavy atom. The second-order valence-electron chi connectivity index (χ2n) is 9.58. The number of amides is 1. The third-order valence-electron chi connectivity index (χ3n) is 6.55. The van der Waals surface area contributed by atoms with E-state index in [1.54, 1.807) is 11.0 Å². The molecule has 0 fully saturated rings. The number of hydrogen-bond acceptors (Lipinski definition) is 5. The molecular formula is C30H30N2O4. The first-order chi connectivity index (χ1) is 17.4. The van der Waals surface area contributed by atoms with E-state index in [0.717, 1.165) is 29.7 Å². The zero-order valence-corrected chi connectivity index (χ0v) is 20.9. The number of hydrogen-bond donors (Lipinski definition) is 0. The first-order valence-corrected chi connectivity index (χ1v) is 12.2. The Balaban J connectivity index is 1.56. The third kappa shape index (κ3) is 4.64. The van der Waals surface area contributed by atoms with Crippen LogP contribution in [0.3, 0.4) is 0 Å². The van der Waals surface area contributed by atoms with E-state index in [2.05, 4.69) is 4.90 Å². The fraction of sp³-hybridized carbons (Fsp3) is 0.267. The molecule has 4 aromatic rings. The molecule has 0 aliphatic carbocycles. The van der Waals surface area contributed by atoms with Gasteiger partial charge in [0.2, 0.25) is 5.76 Å². The van der Waals surface area contributed by atoms with Gasteiger partial charge in [0.05, 0.1) is 17.0 Å². The van der Waals surface area contributed by atoms with Crippen LogP contribution in [0.25, 0.3) is 11.0 Å². The lowest BCUT2D eigenvalue weighted by molar-refractivity contribution is 0.0722. The highest BCUT2D eigenvalue weighted by atomic mass is 16.5. The Hall–Kier alpha value is -3.90. The molecule has 1 aromatic heterocycles. The van der Waals surface area contributed by atoms with Gasteiger partial charge in [0.1, 0.15) is 17.9 Å². The summed E-state index contributed by atoms with van der Waals surface area (Å²) in [6, 6.07) is 22.6. The SMILES string of the molecule is Cc1ccc2oc3c(c(=O)c2c1)C(c1cccc(OCc2ccccc2)c1)N(CCCN(C)C)C3=O. The van der Waals surface area contributed by atoms with Crippen LogP contribution in [0.4, 0.5) is 0 Å². The highest BCUT2D eigenvalue weighted by Gasteiger charge is 2.42. The summed E-state index contributed by atoms with van der Waals surface area (Å²) in [5.74, 6) is 0.581. The quantitative estimate of drug-likeness (QED) is 0.346. The van der Waals surface area contributed by atoms with Crippen molar-refractivity contribution in [3.8, 4) is 5.75 Å². The van der Waals surface area contributed by atoms with Crippen LogP contribution in [-0.2, 0) is 6.61 Å². The number of fused-ring (bicyclic) bond motifs is 2. The molecule has 0 saturated heterocycles. The molecule has 6 nitrogen and oxygen atoms in total. The summed E-state index contributed by atoms with van der Waals surface area (Å²) in [7, 11) is 4.01. The fourth-order valence-electron chi connectivity index (χ4n) is 4.78. The van der Waals surface area contributed by atoms with E-state index in [0.29, 0.717) is 35.4 Å². The van der Waals surface area contributed by atoms with Crippen LogP contribution in [0, 0.1) is 6.92 Å². The van der Waals surface area contributed by atoms with E-state index in [1.807, 2.05) is 87.7 Å². The molecule has 1 unspecified atom stereocenters. The largest absolute Gasteiger partial charge is 0.489 e. The molecule has 0 saturated carbocycles. The van der Waals surface area contributed by atoms with Gasteiger partial charge in [-0.1, -0.05) is 54.1 Å². The normalized spacial score (nSPS) is 15.1. The molecule has 1 aliphatic heterocycles. The Bertz CT molecular complexity index is 1460. The van der Waals surface area contributed by atoms with Gasteiger partial charge in [-0.15, -0.1) is 0 Å². The molecule has 1 amide bonds. The number of nitrogens with zero attached hydrogens (tertiary/aromatic N) is 2. The molecule has 36 heavy (non-hydrogen) atoms. The highest BCUT2D eigenvalue weighted by molar-refractivity contribution is 5.99. The average molecular weight is 483 g/mol. The van der Waals surface area contributed by atoms with Crippen molar-refractivity contribution in [2.75, 3.05) is 27.2 Å². The van der Waals surface area contributed by atoms with Gasteiger partial charge in [-0.05, 0) is 69.4 Å². The number of carbonyl (C=O) groups excluding carboxylic acids is 1. The number of carbonyl (C=O) groups is 1. The van der Waals surface area contributed by atoms with Gasteiger partial charge in [-0.2, -0.15) is 0 Å². The van der Waals surface area contributed by atoms with Gasteiger partial charge in [0.25, 0.3) is 5.91 Å². The van der Waals surface area contributed by atoms with Crippen LogP contribution in [-0.4, -0.2) is 42.9 Å². The molecule has 0 spiro atoms. The summed E-state index contributed by atoms with van der Waals surface area (Å²) in [5.41, 5.74) is 3.55. The van der Waals surface area contributed by atoms with Crippen molar-refractivity contribution in [3.05, 3.63) is 111 Å². The second kappa shape index (κ2) is 9.99.